The number of anilines is 1. The molecule has 47 heavy (non-hydrogen) atoms. The smallest absolute Gasteiger partial charge is 0.240 e. The number of nitrogen functional groups attached to an aromatic ring is 1. The zero-order chi connectivity index (χ0) is 32.9. The van der Waals surface area contributed by atoms with Gasteiger partial charge in [-0.3, -0.25) is 0 Å². The Labute approximate surface area is 276 Å². The highest BCUT2D eigenvalue weighted by Gasteiger charge is 2.59. The Morgan fingerprint density at radius 2 is 1.45 bits per heavy atom. The van der Waals surface area contributed by atoms with Crippen LogP contribution >= 0.6 is 0 Å². The summed E-state index contributed by atoms with van der Waals surface area (Å²) in [5.74, 6) is 1.52. The van der Waals surface area contributed by atoms with Crippen LogP contribution < -0.4 is 5.73 Å². The highest BCUT2D eigenvalue weighted by molar-refractivity contribution is 6.83. The lowest BCUT2D eigenvalue weighted by Crippen LogP contribution is -2.45. The van der Waals surface area contributed by atoms with E-state index in [1.807, 2.05) is 91.0 Å². The quantitative estimate of drug-likeness (QED) is 0.143. The molecule has 10 heteroatoms. The molecule has 1 aliphatic heterocycles. The van der Waals surface area contributed by atoms with Gasteiger partial charge < -0.3 is 29.8 Å². The van der Waals surface area contributed by atoms with Crippen LogP contribution in [0.5, 0.6) is 0 Å². The minimum Gasteiger partial charge on any atom is -0.382 e. The lowest BCUT2D eigenvalue weighted by atomic mass is 10.0. The molecule has 0 bridgehead atoms. The third-order valence-corrected chi connectivity index (χ3v) is 8.73. The average molecular weight is 649 g/mol. The zero-order valence-electron chi connectivity index (χ0n) is 26.9. The molecule has 0 radical (unpaired) electrons. The second-order valence-corrected chi connectivity index (χ2v) is 17.4. The average Bonchev–Trinajstić information content (AvgIpc) is 3.59. The van der Waals surface area contributed by atoms with E-state index in [4.69, 9.17) is 24.7 Å². The van der Waals surface area contributed by atoms with Crippen molar-refractivity contribution in [3.05, 3.63) is 131 Å². The molecular weight excluding hydrogens is 609 g/mol. The molecule has 2 aromatic heterocycles. The topological polar surface area (TPSA) is 113 Å². The van der Waals surface area contributed by atoms with Crippen molar-refractivity contribution < 1.29 is 24.1 Å². The molecule has 1 fully saturated rings. The summed E-state index contributed by atoms with van der Waals surface area (Å²) in [6.45, 7) is 7.49. The minimum absolute atomic E-state index is 0.143. The van der Waals surface area contributed by atoms with Gasteiger partial charge >= 0.3 is 0 Å². The number of fused-ring (bicyclic) bond motifs is 1. The number of hydrogen-bond acceptors (Lipinski definition) is 8. The van der Waals surface area contributed by atoms with E-state index >= 15 is 0 Å². The maximum atomic E-state index is 12.7. The first-order valence-corrected chi connectivity index (χ1v) is 19.2. The molecule has 1 unspecified atom stereocenters. The van der Waals surface area contributed by atoms with E-state index in [2.05, 4.69) is 41.2 Å². The van der Waals surface area contributed by atoms with E-state index < -0.39 is 32.2 Å². The Kier molecular flexibility index (Phi) is 9.84. The molecule has 242 valence electrons. The number of aliphatic hydroxyl groups is 1. The first-order chi connectivity index (χ1) is 22.7. The predicted octanol–water partition coefficient (Wildman–Crippen LogP) is 5.47. The van der Waals surface area contributed by atoms with Crippen molar-refractivity contribution in [3.8, 4) is 11.5 Å². The summed E-state index contributed by atoms with van der Waals surface area (Å²) in [7, 11) is -1.76. The number of nitrogens with two attached hydrogens (primary N) is 1. The van der Waals surface area contributed by atoms with E-state index in [0.29, 0.717) is 23.4 Å². The summed E-state index contributed by atoms with van der Waals surface area (Å²) in [4.78, 5) is 4.22. The maximum Gasteiger partial charge on any atom is 0.240 e. The first kappa shape index (κ1) is 32.6. The van der Waals surface area contributed by atoms with Gasteiger partial charge in [-0.1, -0.05) is 117 Å². The van der Waals surface area contributed by atoms with E-state index in [-0.39, 0.29) is 25.6 Å². The first-order valence-electron chi connectivity index (χ1n) is 15.7. The van der Waals surface area contributed by atoms with Crippen LogP contribution in [0.25, 0.3) is 5.52 Å². The molecule has 3 aromatic carbocycles. The van der Waals surface area contributed by atoms with Gasteiger partial charge in [-0.2, -0.15) is 5.10 Å². The molecule has 3 heterocycles. The molecule has 6 rings (SSSR count). The van der Waals surface area contributed by atoms with E-state index in [0.717, 1.165) is 16.7 Å². The third kappa shape index (κ3) is 7.63. The summed E-state index contributed by atoms with van der Waals surface area (Å²) in [6, 6.07) is 31.3. The van der Waals surface area contributed by atoms with Gasteiger partial charge in [-0.15, -0.1) is 5.54 Å². The van der Waals surface area contributed by atoms with Crippen LogP contribution in [0.3, 0.4) is 0 Å². The van der Waals surface area contributed by atoms with Gasteiger partial charge in [0, 0.05) is 0 Å². The van der Waals surface area contributed by atoms with Gasteiger partial charge in [0.25, 0.3) is 0 Å². The molecule has 9 nitrogen and oxygen atoms in total. The van der Waals surface area contributed by atoms with E-state index in [1.54, 1.807) is 10.6 Å². The number of ether oxygens (including phenoxy) is 4. The van der Waals surface area contributed by atoms with Gasteiger partial charge in [0.2, 0.25) is 5.79 Å². The molecular formula is C37H40N4O5Si. The SMILES string of the molecule is C[Si](C)(C)C#Cc1cc(C2(O)O[C@H](COCc3ccccc3)[C@@H](OCc3ccccc3)[C@H]2OCc2ccccc2)n2ncnc(N)c12. The van der Waals surface area contributed by atoms with Crippen LogP contribution in [-0.2, 0) is 44.6 Å². The normalized spacial score (nSPS) is 21.1. The standard InChI is InChI=1S/C37H40N4O5Si/c1-47(2,3)20-19-30-21-32(41-33(30)36(38)39-26-40-41)37(42)35(45-24-29-17-11-6-12-18-29)34(44-23-28-15-9-5-10-16-28)31(46-37)25-43-22-27-13-7-4-8-14-27/h4-18,21,26,31,34-35,42H,22-25H2,1-3H3,(H2,38,39,40)/t31-,34-,35-,37?/m1/s1. The Hall–Kier alpha value is -4.34. The summed E-state index contributed by atoms with van der Waals surface area (Å²) in [5.41, 5.74) is 14.1. The molecule has 0 amide bonds. The Bertz CT molecular complexity index is 1840. The van der Waals surface area contributed by atoms with E-state index in [1.165, 1.54) is 6.33 Å². The summed E-state index contributed by atoms with van der Waals surface area (Å²) >= 11 is 0. The van der Waals surface area contributed by atoms with Gasteiger partial charge in [-0.05, 0) is 22.8 Å². The highest BCUT2D eigenvalue weighted by atomic mass is 28.3. The number of rotatable bonds is 11. The fourth-order valence-corrected chi connectivity index (χ4v) is 6.10. The lowest BCUT2D eigenvalue weighted by Gasteiger charge is -2.30. The fourth-order valence-electron chi connectivity index (χ4n) is 5.59. The Morgan fingerprint density at radius 1 is 0.872 bits per heavy atom. The van der Waals surface area contributed by atoms with Crippen LogP contribution in [0.15, 0.2) is 103 Å². The van der Waals surface area contributed by atoms with Crippen LogP contribution in [0, 0.1) is 11.5 Å². The Balaban J connectivity index is 1.41. The summed E-state index contributed by atoms with van der Waals surface area (Å²) < 4.78 is 27.5. The van der Waals surface area contributed by atoms with Crippen LogP contribution in [0.4, 0.5) is 5.82 Å². The van der Waals surface area contributed by atoms with Crippen molar-refractivity contribution in [1.82, 2.24) is 14.6 Å². The molecule has 1 aliphatic rings. The third-order valence-electron chi connectivity index (χ3n) is 7.85. The highest BCUT2D eigenvalue weighted by Crippen LogP contribution is 2.43. The van der Waals surface area contributed by atoms with Crippen molar-refractivity contribution in [1.29, 1.82) is 0 Å². The number of nitrogens with zero attached hydrogens (tertiary/aromatic N) is 3. The van der Waals surface area contributed by atoms with Crippen molar-refractivity contribution in [2.45, 2.75) is 63.6 Å². The van der Waals surface area contributed by atoms with E-state index in [9.17, 15) is 5.11 Å². The molecule has 0 spiro atoms. The fraction of sp³-hybridized carbons (Fsp3) is 0.297. The van der Waals surface area contributed by atoms with Gasteiger partial charge in [0.1, 0.15) is 43.9 Å². The van der Waals surface area contributed by atoms with Gasteiger partial charge in [0.15, 0.2) is 5.82 Å². The van der Waals surface area contributed by atoms with Crippen LogP contribution in [0.2, 0.25) is 19.6 Å². The summed E-state index contributed by atoms with van der Waals surface area (Å²) in [5, 5.41) is 17.2. The molecule has 1 saturated heterocycles. The molecule has 0 aliphatic carbocycles. The van der Waals surface area contributed by atoms with Crippen molar-refractivity contribution in [2.24, 2.45) is 0 Å². The zero-order valence-corrected chi connectivity index (χ0v) is 27.9. The molecule has 3 N–H and O–H groups in total. The van der Waals surface area contributed by atoms with Crippen molar-refractivity contribution >= 4 is 19.4 Å². The number of benzene rings is 3. The molecule has 0 saturated carbocycles. The van der Waals surface area contributed by atoms with Crippen molar-refractivity contribution in [3.63, 3.8) is 0 Å². The second kappa shape index (κ2) is 14.2. The van der Waals surface area contributed by atoms with Crippen LogP contribution in [-0.4, -0.2) is 52.7 Å². The summed E-state index contributed by atoms with van der Waals surface area (Å²) in [6.07, 6.45) is -1.05. The monoisotopic (exact) mass is 648 g/mol. The molecule has 4 atom stereocenters. The lowest BCUT2D eigenvalue weighted by molar-refractivity contribution is -0.256. The van der Waals surface area contributed by atoms with Crippen LogP contribution in [0.1, 0.15) is 27.9 Å². The number of aromatic nitrogens is 3. The molecule has 5 aromatic rings. The largest absolute Gasteiger partial charge is 0.382 e. The second-order valence-electron chi connectivity index (χ2n) is 12.7. The van der Waals surface area contributed by atoms with Gasteiger partial charge in [0.05, 0.1) is 32.0 Å². The minimum atomic E-state index is -2.01. The van der Waals surface area contributed by atoms with Crippen molar-refractivity contribution in [2.75, 3.05) is 12.3 Å². The van der Waals surface area contributed by atoms with Gasteiger partial charge in [-0.25, -0.2) is 9.50 Å². The maximum absolute atomic E-state index is 12.7. The number of hydrogen-bond donors (Lipinski definition) is 2. The Morgan fingerprint density at radius 3 is 2.04 bits per heavy atom. The predicted molar refractivity (Wildman–Crippen MR) is 183 cm³/mol.